The number of amides is 1. The zero-order valence-corrected chi connectivity index (χ0v) is 18.2. The molecule has 1 heterocycles. The van der Waals surface area contributed by atoms with Crippen molar-refractivity contribution in [3.05, 3.63) is 80.1 Å². The molecule has 0 radical (unpaired) electrons. The van der Waals surface area contributed by atoms with Crippen LogP contribution >= 0.6 is 22.9 Å². The van der Waals surface area contributed by atoms with Gasteiger partial charge in [-0.1, -0.05) is 53.3 Å². The molecular formula is C22H18ClN3O4S. The first-order chi connectivity index (χ1) is 15.0. The van der Waals surface area contributed by atoms with Crippen molar-refractivity contribution in [3.63, 3.8) is 0 Å². The predicted molar refractivity (Wildman–Crippen MR) is 122 cm³/mol. The van der Waals surface area contributed by atoms with Crippen molar-refractivity contribution < 1.29 is 14.5 Å². The molecular weight excluding hydrogens is 438 g/mol. The normalized spacial score (nSPS) is 12.0. The fourth-order valence-electron chi connectivity index (χ4n) is 3.34. The maximum atomic E-state index is 12.9. The Hall–Kier alpha value is -3.07. The molecule has 9 heteroatoms. The van der Waals surface area contributed by atoms with Crippen LogP contribution < -0.4 is 4.80 Å². The maximum Gasteiger partial charge on any atom is 0.281 e. The van der Waals surface area contributed by atoms with Crippen LogP contribution in [0, 0.1) is 10.1 Å². The Morgan fingerprint density at radius 1 is 1.23 bits per heavy atom. The SMILES string of the molecule is CCOCCn1c(=NC(=O)c2cc([N+](=O)[O-])ccc2Cl)sc2c3ccccc3ccc21. The van der Waals surface area contributed by atoms with Crippen LogP contribution in [-0.4, -0.2) is 28.6 Å². The molecule has 0 spiro atoms. The van der Waals surface area contributed by atoms with Gasteiger partial charge < -0.3 is 9.30 Å². The number of nitro benzene ring substituents is 1. The highest BCUT2D eigenvalue weighted by molar-refractivity contribution is 7.17. The van der Waals surface area contributed by atoms with Gasteiger partial charge in [0, 0.05) is 30.7 Å². The lowest BCUT2D eigenvalue weighted by molar-refractivity contribution is -0.384. The largest absolute Gasteiger partial charge is 0.380 e. The van der Waals surface area contributed by atoms with Crippen LogP contribution in [0.15, 0.2) is 59.6 Å². The fourth-order valence-corrected chi connectivity index (χ4v) is 4.73. The number of hydrogen-bond donors (Lipinski definition) is 0. The third-order valence-electron chi connectivity index (χ3n) is 4.83. The Kier molecular flexibility index (Phi) is 6.13. The van der Waals surface area contributed by atoms with Crippen molar-refractivity contribution in [2.75, 3.05) is 13.2 Å². The number of thiazole rings is 1. The van der Waals surface area contributed by atoms with E-state index in [2.05, 4.69) is 4.99 Å². The van der Waals surface area contributed by atoms with Crippen molar-refractivity contribution >= 4 is 55.5 Å². The number of nitro groups is 1. The van der Waals surface area contributed by atoms with Crippen molar-refractivity contribution in [1.29, 1.82) is 0 Å². The smallest absolute Gasteiger partial charge is 0.281 e. The lowest BCUT2D eigenvalue weighted by Crippen LogP contribution is -2.19. The first-order valence-electron chi connectivity index (χ1n) is 9.61. The monoisotopic (exact) mass is 455 g/mol. The lowest BCUT2D eigenvalue weighted by atomic mass is 10.1. The molecule has 3 aromatic carbocycles. The molecule has 4 aromatic rings. The highest BCUT2D eigenvalue weighted by Crippen LogP contribution is 2.28. The van der Waals surface area contributed by atoms with E-state index in [4.69, 9.17) is 16.3 Å². The van der Waals surface area contributed by atoms with Crippen LogP contribution in [0.1, 0.15) is 17.3 Å². The van der Waals surface area contributed by atoms with E-state index in [1.165, 1.54) is 23.5 Å². The number of carbonyl (C=O) groups is 1. The first-order valence-corrected chi connectivity index (χ1v) is 10.8. The molecule has 0 aliphatic heterocycles. The summed E-state index contributed by atoms with van der Waals surface area (Å²) in [5.41, 5.74) is 0.726. The van der Waals surface area contributed by atoms with Gasteiger partial charge in [-0.25, -0.2) is 0 Å². The fraction of sp³-hybridized carbons (Fsp3) is 0.182. The molecule has 0 aliphatic rings. The van der Waals surface area contributed by atoms with E-state index in [0.29, 0.717) is 24.6 Å². The van der Waals surface area contributed by atoms with E-state index in [0.717, 1.165) is 27.1 Å². The molecule has 31 heavy (non-hydrogen) atoms. The number of benzene rings is 3. The molecule has 0 unspecified atom stereocenters. The third kappa shape index (κ3) is 4.23. The number of ether oxygens (including phenoxy) is 1. The number of rotatable bonds is 6. The number of halogens is 1. The molecule has 0 saturated carbocycles. The van der Waals surface area contributed by atoms with Crippen LogP contribution in [0.2, 0.25) is 5.02 Å². The van der Waals surface area contributed by atoms with Gasteiger partial charge in [0.25, 0.3) is 11.6 Å². The summed E-state index contributed by atoms with van der Waals surface area (Å²) >= 11 is 7.53. The van der Waals surface area contributed by atoms with Gasteiger partial charge in [-0.05, 0) is 24.4 Å². The number of carbonyl (C=O) groups excluding carboxylic acids is 1. The second-order valence-corrected chi connectivity index (χ2v) is 8.09. The zero-order valence-electron chi connectivity index (χ0n) is 16.6. The highest BCUT2D eigenvalue weighted by atomic mass is 35.5. The number of aromatic nitrogens is 1. The average Bonchev–Trinajstić information content (AvgIpc) is 3.11. The van der Waals surface area contributed by atoms with Gasteiger partial charge in [-0.15, -0.1) is 0 Å². The summed E-state index contributed by atoms with van der Waals surface area (Å²) in [6.07, 6.45) is 0. The molecule has 4 rings (SSSR count). The Balaban J connectivity index is 1.89. The third-order valence-corrected chi connectivity index (χ3v) is 6.28. The number of non-ortho nitro benzene ring substituents is 1. The standard InChI is InChI=1S/C22H18ClN3O4S/c1-2-30-12-11-25-19-10-7-14-5-3-4-6-16(14)20(19)31-22(25)24-21(27)17-13-15(26(28)29)8-9-18(17)23/h3-10,13H,2,11-12H2,1H3. The quantitative estimate of drug-likeness (QED) is 0.227. The van der Waals surface area contributed by atoms with Crippen molar-refractivity contribution in [2.45, 2.75) is 13.5 Å². The summed E-state index contributed by atoms with van der Waals surface area (Å²) in [6, 6.07) is 15.8. The zero-order chi connectivity index (χ0) is 22.0. The Labute approximate surface area is 186 Å². The Morgan fingerprint density at radius 3 is 2.81 bits per heavy atom. The van der Waals surface area contributed by atoms with Gasteiger partial charge in [0.1, 0.15) is 0 Å². The van der Waals surface area contributed by atoms with E-state index in [-0.39, 0.29) is 16.3 Å². The molecule has 0 N–H and O–H groups in total. The molecule has 0 aliphatic carbocycles. The van der Waals surface area contributed by atoms with E-state index in [1.807, 2.05) is 47.9 Å². The molecule has 158 valence electrons. The van der Waals surface area contributed by atoms with E-state index in [9.17, 15) is 14.9 Å². The predicted octanol–water partition coefficient (Wildman–Crippen LogP) is 5.20. The Bertz CT molecular complexity index is 1380. The summed E-state index contributed by atoms with van der Waals surface area (Å²) in [6.45, 7) is 3.48. The highest BCUT2D eigenvalue weighted by Gasteiger charge is 2.17. The minimum atomic E-state index is -0.630. The van der Waals surface area contributed by atoms with Crippen LogP contribution in [0.3, 0.4) is 0 Å². The van der Waals surface area contributed by atoms with Gasteiger partial charge in [-0.3, -0.25) is 14.9 Å². The molecule has 0 saturated heterocycles. The molecule has 7 nitrogen and oxygen atoms in total. The maximum absolute atomic E-state index is 12.9. The molecule has 0 bridgehead atoms. The van der Waals surface area contributed by atoms with E-state index >= 15 is 0 Å². The molecule has 1 amide bonds. The van der Waals surface area contributed by atoms with Crippen molar-refractivity contribution in [3.8, 4) is 0 Å². The number of nitrogens with zero attached hydrogens (tertiary/aromatic N) is 3. The van der Waals surface area contributed by atoms with Crippen molar-refractivity contribution in [1.82, 2.24) is 4.57 Å². The number of fused-ring (bicyclic) bond motifs is 3. The lowest BCUT2D eigenvalue weighted by Gasteiger charge is -2.06. The van der Waals surface area contributed by atoms with Crippen LogP contribution in [0.25, 0.3) is 21.0 Å². The van der Waals surface area contributed by atoms with Gasteiger partial charge in [0.2, 0.25) is 0 Å². The first kappa shape index (κ1) is 21.2. The van der Waals surface area contributed by atoms with Gasteiger partial charge in [0.05, 0.1) is 32.3 Å². The second kappa shape index (κ2) is 8.97. The molecule has 0 fully saturated rings. The second-order valence-electron chi connectivity index (χ2n) is 6.71. The van der Waals surface area contributed by atoms with Gasteiger partial charge in [0.15, 0.2) is 4.80 Å². The van der Waals surface area contributed by atoms with Gasteiger partial charge in [-0.2, -0.15) is 4.99 Å². The van der Waals surface area contributed by atoms with E-state index in [1.54, 1.807) is 0 Å². The summed E-state index contributed by atoms with van der Waals surface area (Å²) in [5, 5.41) is 13.4. The topological polar surface area (TPSA) is 86.7 Å². The van der Waals surface area contributed by atoms with Crippen molar-refractivity contribution in [2.24, 2.45) is 4.99 Å². The summed E-state index contributed by atoms with van der Waals surface area (Å²) < 4.78 is 8.45. The minimum absolute atomic E-state index is 0.00506. The molecule has 1 aromatic heterocycles. The van der Waals surface area contributed by atoms with Crippen LogP contribution in [0.5, 0.6) is 0 Å². The summed E-state index contributed by atoms with van der Waals surface area (Å²) in [5.74, 6) is -0.630. The summed E-state index contributed by atoms with van der Waals surface area (Å²) in [7, 11) is 0. The average molecular weight is 456 g/mol. The Morgan fingerprint density at radius 2 is 2.03 bits per heavy atom. The minimum Gasteiger partial charge on any atom is -0.380 e. The number of hydrogen-bond acceptors (Lipinski definition) is 5. The van der Waals surface area contributed by atoms with Crippen LogP contribution in [-0.2, 0) is 11.3 Å². The van der Waals surface area contributed by atoms with E-state index < -0.39 is 10.8 Å². The molecule has 0 atom stereocenters. The van der Waals surface area contributed by atoms with Gasteiger partial charge >= 0.3 is 0 Å². The van der Waals surface area contributed by atoms with Crippen LogP contribution in [0.4, 0.5) is 5.69 Å². The summed E-state index contributed by atoms with van der Waals surface area (Å²) in [4.78, 5) is 28.2.